The van der Waals surface area contributed by atoms with Crippen LogP contribution >= 0.6 is 0 Å². The molecular formula is C35H35F4N7O4S. The first-order valence-corrected chi connectivity index (χ1v) is 17.1. The van der Waals surface area contributed by atoms with Crippen LogP contribution < -0.4 is 15.4 Å². The van der Waals surface area contributed by atoms with E-state index in [4.69, 9.17) is 5.11 Å². The maximum Gasteiger partial charge on any atom is 0.435 e. The summed E-state index contributed by atoms with van der Waals surface area (Å²) < 4.78 is 74.1. The van der Waals surface area contributed by atoms with Gasteiger partial charge in [0.25, 0.3) is 5.91 Å². The molecule has 1 saturated carbocycles. The third-order valence-electron chi connectivity index (χ3n) is 8.29. The summed E-state index contributed by atoms with van der Waals surface area (Å²) in [7, 11) is -1.71. The molecule has 2 aromatic heterocycles. The first-order chi connectivity index (χ1) is 24.0. The summed E-state index contributed by atoms with van der Waals surface area (Å²) in [5, 5.41) is 26.8. The van der Waals surface area contributed by atoms with E-state index in [1.54, 1.807) is 32.9 Å². The van der Waals surface area contributed by atoms with E-state index in [1.165, 1.54) is 42.5 Å². The minimum absolute atomic E-state index is 0.0194. The van der Waals surface area contributed by atoms with Crippen molar-refractivity contribution in [3.05, 3.63) is 106 Å². The number of amides is 2. The molecule has 268 valence electrons. The van der Waals surface area contributed by atoms with Crippen molar-refractivity contribution in [3.8, 4) is 11.8 Å². The molecule has 0 spiro atoms. The molecule has 16 heteroatoms. The molecule has 1 aliphatic rings. The Morgan fingerprint density at radius 1 is 1.04 bits per heavy atom. The lowest BCUT2D eigenvalue weighted by Crippen LogP contribution is -2.49. The molecule has 11 nitrogen and oxygen atoms in total. The minimum Gasteiger partial charge on any atom is -0.465 e. The van der Waals surface area contributed by atoms with Gasteiger partial charge in [-0.05, 0) is 87.1 Å². The third kappa shape index (κ3) is 8.78. The van der Waals surface area contributed by atoms with Gasteiger partial charge in [-0.25, -0.2) is 27.8 Å². The molecule has 1 fully saturated rings. The van der Waals surface area contributed by atoms with Gasteiger partial charge in [0.2, 0.25) is 0 Å². The Balaban J connectivity index is 1.59. The normalized spacial score (nSPS) is 15.0. The molecule has 5 rings (SSSR count). The Kier molecular flexibility index (Phi) is 10.6. The summed E-state index contributed by atoms with van der Waals surface area (Å²) in [5.41, 5.74) is -2.49. The van der Waals surface area contributed by atoms with Gasteiger partial charge in [-0.15, -0.1) is 0 Å². The number of anilines is 1. The van der Waals surface area contributed by atoms with Gasteiger partial charge in [0.1, 0.15) is 23.3 Å². The fraction of sp³-hybridized carbons (Fsp3) is 0.343. The van der Waals surface area contributed by atoms with Crippen LogP contribution in [0, 0.1) is 23.1 Å². The third-order valence-corrected chi connectivity index (χ3v) is 9.93. The highest BCUT2D eigenvalue weighted by Crippen LogP contribution is 2.42. The predicted molar refractivity (Wildman–Crippen MR) is 181 cm³/mol. The predicted octanol–water partition coefficient (Wildman–Crippen LogP) is 6.80. The summed E-state index contributed by atoms with van der Waals surface area (Å²) in [6.45, 7) is 5.15. The van der Waals surface area contributed by atoms with E-state index in [0.717, 1.165) is 23.6 Å². The van der Waals surface area contributed by atoms with E-state index >= 15 is 4.39 Å². The highest BCUT2D eigenvalue weighted by atomic mass is 32.2. The van der Waals surface area contributed by atoms with Gasteiger partial charge in [-0.3, -0.25) is 4.79 Å². The topological polar surface area (TPSA) is 162 Å². The van der Waals surface area contributed by atoms with Crippen LogP contribution in [0.1, 0.15) is 85.2 Å². The first kappa shape index (κ1) is 37.1. The summed E-state index contributed by atoms with van der Waals surface area (Å²) >= 11 is 0. The molecule has 2 amide bonds. The molecule has 1 unspecified atom stereocenters. The van der Waals surface area contributed by atoms with Crippen molar-refractivity contribution in [2.45, 2.75) is 69.5 Å². The highest BCUT2D eigenvalue weighted by molar-refractivity contribution is 7.84. The first-order valence-electron chi connectivity index (χ1n) is 15.9. The van der Waals surface area contributed by atoms with Gasteiger partial charge < -0.3 is 15.7 Å². The van der Waals surface area contributed by atoms with E-state index in [0.29, 0.717) is 41.6 Å². The quantitative estimate of drug-likeness (QED) is 0.117. The van der Waals surface area contributed by atoms with Crippen molar-refractivity contribution in [2.24, 2.45) is 5.92 Å². The second-order valence-electron chi connectivity index (χ2n) is 13.2. The molecule has 1 aliphatic carbocycles. The second-order valence-corrected chi connectivity index (χ2v) is 15.2. The van der Waals surface area contributed by atoms with Crippen molar-refractivity contribution in [1.82, 2.24) is 24.8 Å². The zero-order valence-corrected chi connectivity index (χ0v) is 28.7. The number of alkyl halides is 3. The lowest BCUT2D eigenvalue weighted by molar-refractivity contribution is -0.141. The number of rotatable bonds is 12. The number of carbonyl (C=O) groups is 2. The number of nitriles is 1. The van der Waals surface area contributed by atoms with E-state index in [2.05, 4.69) is 25.4 Å². The highest BCUT2D eigenvalue weighted by Gasteiger charge is 2.42. The van der Waals surface area contributed by atoms with Crippen LogP contribution in [0.15, 0.2) is 66.7 Å². The molecule has 0 bridgehead atoms. The van der Waals surface area contributed by atoms with Crippen LogP contribution in [0.3, 0.4) is 0 Å². The summed E-state index contributed by atoms with van der Waals surface area (Å²) in [6, 6.07) is 16.9. The fourth-order valence-electron chi connectivity index (χ4n) is 5.38. The van der Waals surface area contributed by atoms with E-state index in [1.807, 2.05) is 6.07 Å². The average Bonchev–Trinajstić information content (AvgIpc) is 3.79. The van der Waals surface area contributed by atoms with E-state index in [-0.39, 0.29) is 23.6 Å². The van der Waals surface area contributed by atoms with Gasteiger partial charge in [0, 0.05) is 12.6 Å². The van der Waals surface area contributed by atoms with Crippen LogP contribution in [-0.2, 0) is 29.2 Å². The number of aromatic nitrogens is 3. The van der Waals surface area contributed by atoms with Crippen molar-refractivity contribution in [1.29, 1.82) is 5.26 Å². The smallest absolute Gasteiger partial charge is 0.435 e. The van der Waals surface area contributed by atoms with Crippen molar-refractivity contribution >= 4 is 28.7 Å². The van der Waals surface area contributed by atoms with Crippen LogP contribution in [-0.4, -0.2) is 40.8 Å². The Labute approximate surface area is 293 Å². The maximum absolute atomic E-state index is 15.5. The number of carboxylic acid groups (broad SMARTS) is 1. The lowest BCUT2D eigenvalue weighted by atomic mass is 9.82. The van der Waals surface area contributed by atoms with Crippen LogP contribution in [0.2, 0.25) is 0 Å². The molecule has 4 aromatic rings. The summed E-state index contributed by atoms with van der Waals surface area (Å²) in [5.74, 6) is -1.63. The zero-order chi connectivity index (χ0) is 37.1. The molecule has 0 aliphatic heterocycles. The van der Waals surface area contributed by atoms with E-state index < -0.39 is 56.7 Å². The second kappa shape index (κ2) is 14.6. The van der Waals surface area contributed by atoms with Crippen LogP contribution in [0.25, 0.3) is 5.69 Å². The van der Waals surface area contributed by atoms with Crippen molar-refractivity contribution in [3.63, 3.8) is 0 Å². The van der Waals surface area contributed by atoms with Crippen molar-refractivity contribution in [2.75, 3.05) is 5.32 Å². The molecule has 2 aromatic carbocycles. The number of nitrogens with zero attached hydrogens (tertiary/aromatic N) is 4. The van der Waals surface area contributed by atoms with Gasteiger partial charge in [0.05, 0.1) is 38.3 Å². The van der Waals surface area contributed by atoms with Gasteiger partial charge >= 0.3 is 12.3 Å². The summed E-state index contributed by atoms with van der Waals surface area (Å²) in [6.07, 6.45) is -3.23. The Morgan fingerprint density at radius 2 is 1.76 bits per heavy atom. The Hall–Kier alpha value is -5.14. The van der Waals surface area contributed by atoms with Crippen LogP contribution in [0.5, 0.6) is 0 Å². The number of hydrogen-bond donors (Lipinski definition) is 4. The molecule has 4 N–H and O–H groups in total. The molecule has 2 atom stereocenters. The van der Waals surface area contributed by atoms with Crippen molar-refractivity contribution < 1.29 is 36.5 Å². The Morgan fingerprint density at radius 3 is 2.41 bits per heavy atom. The molecule has 2 heterocycles. The largest absolute Gasteiger partial charge is 0.465 e. The monoisotopic (exact) mass is 725 g/mol. The standard InChI is InChI=1S/C35H35F4N7O4S/c1-33(2,3)51(50)45-34(15-14-21-10-11-21,29-9-5-7-24(19-40)42-29)23-12-13-26(36)27(17-23)43-31(47)28-18-30(35(37,38)39)44-46(28)25-8-4-6-22(16-25)20-41-32(48)49/h4-9,12-13,16-18,21,41,45H,10-11,14-15,20H2,1-3H3,(H,43,47)(H,48,49)/t34?,51-/m1/s1. The average molecular weight is 726 g/mol. The van der Waals surface area contributed by atoms with Gasteiger partial charge in [0.15, 0.2) is 5.69 Å². The zero-order valence-electron chi connectivity index (χ0n) is 27.8. The fourth-order valence-corrected chi connectivity index (χ4v) is 6.33. The molecule has 0 saturated heterocycles. The number of benzene rings is 2. The number of hydrogen-bond acceptors (Lipinski definition) is 6. The number of halogens is 4. The number of carbonyl (C=O) groups excluding carboxylic acids is 1. The maximum atomic E-state index is 15.5. The van der Waals surface area contributed by atoms with Gasteiger partial charge in [-0.2, -0.15) is 23.5 Å². The van der Waals surface area contributed by atoms with Gasteiger partial charge in [-0.1, -0.05) is 37.1 Å². The molecule has 51 heavy (non-hydrogen) atoms. The van der Waals surface area contributed by atoms with Crippen LogP contribution in [0.4, 0.5) is 28.0 Å². The van der Waals surface area contributed by atoms with E-state index in [9.17, 15) is 32.2 Å². The summed E-state index contributed by atoms with van der Waals surface area (Å²) in [4.78, 5) is 29.3. The lowest BCUT2D eigenvalue weighted by Gasteiger charge is -2.37. The Bertz CT molecular complexity index is 2020. The number of pyridine rings is 1. The number of nitrogens with one attached hydrogen (secondary N) is 3. The SMILES string of the molecule is CC(C)(C)[S@@](=O)NC(CCC1CC1)(c1ccc(F)c(NC(=O)c2cc(C(F)(F)F)nn2-c2cccc(CNC(=O)O)c2)c1)c1cccc(C#N)n1. The minimum atomic E-state index is -4.94. The molecule has 0 radical (unpaired) electrons. The molecular weight excluding hydrogens is 690 g/mol.